The normalized spacial score (nSPS) is 31.3. The number of hydrogen-bond donors (Lipinski definition) is 1. The molecule has 0 atom stereocenters. The van der Waals surface area contributed by atoms with Crippen molar-refractivity contribution in [2.75, 3.05) is 19.6 Å². The zero-order valence-corrected chi connectivity index (χ0v) is 14.1. The first kappa shape index (κ1) is 15.0. The molecule has 1 heterocycles. The minimum absolute atomic E-state index is 0.418. The molecule has 1 aliphatic heterocycles. The summed E-state index contributed by atoms with van der Waals surface area (Å²) in [6, 6.07) is 0.691. The van der Waals surface area contributed by atoms with E-state index in [4.69, 9.17) is 4.74 Å². The van der Waals surface area contributed by atoms with E-state index in [2.05, 4.69) is 52.1 Å². The molecule has 2 fully saturated rings. The van der Waals surface area contributed by atoms with Crippen LogP contribution >= 0.6 is 22.9 Å². The molecule has 0 spiro atoms. The lowest BCUT2D eigenvalue weighted by Gasteiger charge is -2.40. The van der Waals surface area contributed by atoms with Crippen LogP contribution in [-0.2, 0) is 4.74 Å². The fourth-order valence-corrected chi connectivity index (χ4v) is 3.42. The molecule has 4 heteroatoms. The standard InChI is InChI=1S/C14H27IN2O/c1-14(2,3)10-17-6-4-12(5-7-17)18-13-8-11(9-13)16-15/h11-13,16H,4-10H2,1-3H3. The Bertz CT molecular complexity index is 253. The quantitative estimate of drug-likeness (QED) is 0.612. The van der Waals surface area contributed by atoms with E-state index in [0.717, 1.165) is 0 Å². The van der Waals surface area contributed by atoms with Crippen molar-refractivity contribution in [3.05, 3.63) is 0 Å². The highest BCUT2D eigenvalue weighted by Crippen LogP contribution is 2.28. The van der Waals surface area contributed by atoms with Gasteiger partial charge < -0.3 is 9.64 Å². The monoisotopic (exact) mass is 366 g/mol. The van der Waals surface area contributed by atoms with Crippen molar-refractivity contribution in [1.82, 2.24) is 8.43 Å². The average molecular weight is 366 g/mol. The van der Waals surface area contributed by atoms with Gasteiger partial charge in [0.1, 0.15) is 0 Å². The maximum atomic E-state index is 6.17. The highest BCUT2D eigenvalue weighted by atomic mass is 127. The summed E-state index contributed by atoms with van der Waals surface area (Å²) < 4.78 is 9.45. The van der Waals surface area contributed by atoms with Crippen LogP contribution in [0.3, 0.4) is 0 Å². The second-order valence-corrected chi connectivity index (χ2v) is 7.69. The number of rotatable bonds is 4. The van der Waals surface area contributed by atoms with E-state index in [1.807, 2.05) is 0 Å². The van der Waals surface area contributed by atoms with Gasteiger partial charge >= 0.3 is 0 Å². The molecule has 0 aromatic rings. The highest BCUT2D eigenvalue weighted by Gasteiger charge is 2.32. The van der Waals surface area contributed by atoms with E-state index < -0.39 is 0 Å². The lowest BCUT2D eigenvalue weighted by atomic mass is 9.89. The number of hydrogen-bond acceptors (Lipinski definition) is 3. The van der Waals surface area contributed by atoms with Gasteiger partial charge in [0, 0.05) is 48.5 Å². The molecule has 2 aliphatic rings. The maximum absolute atomic E-state index is 6.17. The number of likely N-dealkylation sites (tertiary alicyclic amines) is 1. The summed E-state index contributed by atoms with van der Waals surface area (Å²) in [5.41, 5.74) is 0.418. The molecule has 106 valence electrons. The van der Waals surface area contributed by atoms with Crippen molar-refractivity contribution in [3.63, 3.8) is 0 Å². The Morgan fingerprint density at radius 1 is 1.17 bits per heavy atom. The predicted molar refractivity (Wildman–Crippen MR) is 84.0 cm³/mol. The third-order valence-electron chi connectivity index (χ3n) is 3.87. The molecule has 0 aromatic carbocycles. The van der Waals surface area contributed by atoms with Crippen molar-refractivity contribution in [3.8, 4) is 0 Å². The fraction of sp³-hybridized carbons (Fsp3) is 1.00. The Labute approximate surface area is 126 Å². The SMILES string of the molecule is CC(C)(C)CN1CCC(OC2CC(NI)C2)CC1. The second-order valence-electron chi connectivity index (χ2n) is 7.07. The Kier molecular flexibility index (Phi) is 5.31. The van der Waals surface area contributed by atoms with E-state index in [1.165, 1.54) is 45.3 Å². The summed E-state index contributed by atoms with van der Waals surface area (Å²) in [4.78, 5) is 2.59. The van der Waals surface area contributed by atoms with Crippen molar-refractivity contribution in [2.45, 2.75) is 64.7 Å². The molecule has 0 radical (unpaired) electrons. The number of nitrogens with one attached hydrogen (secondary N) is 1. The summed E-state index contributed by atoms with van der Waals surface area (Å²) in [6.45, 7) is 10.6. The minimum atomic E-state index is 0.418. The van der Waals surface area contributed by atoms with E-state index in [1.54, 1.807) is 0 Å². The summed E-state index contributed by atoms with van der Waals surface area (Å²) in [5.74, 6) is 0. The molecule has 3 nitrogen and oxygen atoms in total. The molecule has 2 rings (SSSR count). The van der Waals surface area contributed by atoms with Crippen LogP contribution in [0.15, 0.2) is 0 Å². The molecule has 0 aromatic heterocycles. The van der Waals surface area contributed by atoms with Gasteiger partial charge in [0.15, 0.2) is 0 Å². The van der Waals surface area contributed by atoms with Gasteiger partial charge in [-0.15, -0.1) is 0 Å². The van der Waals surface area contributed by atoms with Gasteiger partial charge in [-0.05, 0) is 31.1 Å². The molecular formula is C14H27IN2O. The van der Waals surface area contributed by atoms with Gasteiger partial charge in [0.05, 0.1) is 12.2 Å². The Morgan fingerprint density at radius 2 is 1.78 bits per heavy atom. The van der Waals surface area contributed by atoms with Gasteiger partial charge in [-0.25, -0.2) is 0 Å². The lowest BCUT2D eigenvalue weighted by molar-refractivity contribution is -0.0824. The summed E-state index contributed by atoms with van der Waals surface area (Å²) in [7, 11) is 0. The van der Waals surface area contributed by atoms with Crippen molar-refractivity contribution in [1.29, 1.82) is 0 Å². The summed E-state index contributed by atoms with van der Waals surface area (Å²) in [6.07, 6.45) is 5.87. The minimum Gasteiger partial charge on any atom is -0.375 e. The zero-order chi connectivity index (χ0) is 13.2. The first-order chi connectivity index (χ1) is 8.46. The van der Waals surface area contributed by atoms with Crippen LogP contribution in [0, 0.1) is 5.41 Å². The van der Waals surface area contributed by atoms with E-state index in [0.29, 0.717) is 23.7 Å². The largest absolute Gasteiger partial charge is 0.375 e. The molecule has 0 unspecified atom stereocenters. The van der Waals surface area contributed by atoms with Gasteiger partial charge in [-0.3, -0.25) is 3.53 Å². The highest BCUT2D eigenvalue weighted by molar-refractivity contribution is 14.1. The van der Waals surface area contributed by atoms with Crippen LogP contribution in [0.5, 0.6) is 0 Å². The topological polar surface area (TPSA) is 24.5 Å². The first-order valence-electron chi connectivity index (χ1n) is 7.20. The van der Waals surface area contributed by atoms with E-state index in [9.17, 15) is 0 Å². The van der Waals surface area contributed by atoms with Crippen molar-refractivity contribution >= 4 is 22.9 Å². The molecule has 18 heavy (non-hydrogen) atoms. The van der Waals surface area contributed by atoms with Crippen LogP contribution in [0.1, 0.15) is 46.5 Å². The first-order valence-corrected chi connectivity index (χ1v) is 8.28. The third-order valence-corrected chi connectivity index (χ3v) is 4.75. The summed E-state index contributed by atoms with van der Waals surface area (Å²) >= 11 is 2.25. The zero-order valence-electron chi connectivity index (χ0n) is 11.9. The molecule has 1 N–H and O–H groups in total. The fourth-order valence-electron chi connectivity index (χ4n) is 2.91. The van der Waals surface area contributed by atoms with Crippen molar-refractivity contribution < 1.29 is 4.74 Å². The van der Waals surface area contributed by atoms with Gasteiger partial charge in [0.2, 0.25) is 0 Å². The van der Waals surface area contributed by atoms with Crippen molar-refractivity contribution in [2.24, 2.45) is 5.41 Å². The molecule has 1 saturated carbocycles. The predicted octanol–water partition coefficient (Wildman–Crippen LogP) is 2.98. The van der Waals surface area contributed by atoms with Crippen LogP contribution in [-0.4, -0.2) is 42.8 Å². The van der Waals surface area contributed by atoms with Gasteiger partial charge in [-0.1, -0.05) is 20.8 Å². The number of piperidine rings is 1. The third kappa shape index (κ3) is 4.62. The maximum Gasteiger partial charge on any atom is 0.0609 e. The second kappa shape index (κ2) is 6.37. The van der Waals surface area contributed by atoms with Crippen LogP contribution in [0.2, 0.25) is 0 Å². The Balaban J connectivity index is 1.62. The molecule has 0 bridgehead atoms. The van der Waals surface area contributed by atoms with E-state index >= 15 is 0 Å². The van der Waals surface area contributed by atoms with Crippen LogP contribution in [0.25, 0.3) is 0 Å². The van der Waals surface area contributed by atoms with Crippen LogP contribution < -0.4 is 3.53 Å². The van der Waals surface area contributed by atoms with Gasteiger partial charge in [0.25, 0.3) is 0 Å². The Hall–Kier alpha value is 0.610. The lowest BCUT2D eigenvalue weighted by Crippen LogP contribution is -2.46. The number of nitrogens with zero attached hydrogens (tertiary/aromatic N) is 1. The molecule has 0 amide bonds. The summed E-state index contributed by atoms with van der Waals surface area (Å²) in [5, 5.41) is 0. The number of ether oxygens (including phenoxy) is 1. The average Bonchev–Trinajstić information content (AvgIpc) is 2.23. The Morgan fingerprint density at radius 3 is 2.28 bits per heavy atom. The smallest absolute Gasteiger partial charge is 0.0609 e. The molecular weight excluding hydrogens is 339 g/mol. The molecule has 1 aliphatic carbocycles. The van der Waals surface area contributed by atoms with E-state index in [-0.39, 0.29) is 0 Å². The van der Waals surface area contributed by atoms with Crippen LogP contribution in [0.4, 0.5) is 0 Å². The molecule has 1 saturated heterocycles. The van der Waals surface area contributed by atoms with Gasteiger partial charge in [-0.2, -0.15) is 0 Å². The number of halogens is 1.